The first-order valence-corrected chi connectivity index (χ1v) is 5.62. The van der Waals surface area contributed by atoms with Gasteiger partial charge in [0.25, 0.3) is 5.56 Å². The van der Waals surface area contributed by atoms with Gasteiger partial charge in [0, 0.05) is 5.69 Å². The number of aromatic nitrogens is 2. The van der Waals surface area contributed by atoms with Crippen LogP contribution in [-0.2, 0) is 0 Å². The molecule has 98 valence electrons. The molecule has 0 saturated heterocycles. The Morgan fingerprint density at radius 1 is 1.37 bits per heavy atom. The Labute approximate surface area is 109 Å². The number of nitrogen functional groups attached to an aromatic ring is 1. The molecule has 1 aromatic heterocycles. The number of Topliss-reactive ketones (excluding diaryl/α,β-unsaturated/α-hetero) is 1. The topological polar surface area (TPSA) is 98.1 Å². The van der Waals surface area contributed by atoms with Crippen LogP contribution in [0.2, 0.25) is 0 Å². The van der Waals surface area contributed by atoms with Crippen molar-refractivity contribution in [2.45, 2.75) is 13.8 Å². The van der Waals surface area contributed by atoms with Gasteiger partial charge in [0.2, 0.25) is 5.88 Å². The van der Waals surface area contributed by atoms with Gasteiger partial charge in [-0.2, -0.15) is 0 Å². The first-order chi connectivity index (χ1) is 8.95. The molecule has 19 heavy (non-hydrogen) atoms. The van der Waals surface area contributed by atoms with Crippen LogP contribution in [0.15, 0.2) is 29.1 Å². The van der Waals surface area contributed by atoms with E-state index in [4.69, 9.17) is 10.5 Å². The molecule has 2 rings (SSSR count). The van der Waals surface area contributed by atoms with Crippen molar-refractivity contribution in [3.8, 4) is 11.6 Å². The first kappa shape index (κ1) is 12.8. The molecule has 6 heteroatoms. The number of aromatic amines is 1. The van der Waals surface area contributed by atoms with Crippen molar-refractivity contribution in [2.75, 3.05) is 5.73 Å². The van der Waals surface area contributed by atoms with Gasteiger partial charge in [-0.15, -0.1) is 0 Å². The highest BCUT2D eigenvalue weighted by Crippen LogP contribution is 2.25. The average molecular weight is 259 g/mol. The van der Waals surface area contributed by atoms with E-state index < -0.39 is 0 Å². The molecule has 0 aliphatic carbocycles. The van der Waals surface area contributed by atoms with Crippen molar-refractivity contribution in [3.05, 3.63) is 46.0 Å². The van der Waals surface area contributed by atoms with Crippen molar-refractivity contribution in [1.82, 2.24) is 9.97 Å². The van der Waals surface area contributed by atoms with E-state index in [9.17, 15) is 9.59 Å². The number of anilines is 1. The third kappa shape index (κ3) is 2.98. The van der Waals surface area contributed by atoms with Gasteiger partial charge in [-0.1, -0.05) is 0 Å². The molecule has 6 nitrogen and oxygen atoms in total. The first-order valence-electron chi connectivity index (χ1n) is 5.62. The van der Waals surface area contributed by atoms with E-state index in [1.807, 2.05) is 0 Å². The standard InChI is InChI=1S/C13H13N3O3/c1-7(17)10-5-9(14)3-4-11(10)19-13-6-12(18)15-8(2)16-13/h3-6H,14H2,1-2H3,(H,15,16,18). The lowest BCUT2D eigenvalue weighted by atomic mass is 10.1. The Bertz CT molecular complexity index is 692. The Hall–Kier alpha value is -2.63. The Balaban J connectivity index is 2.43. The zero-order chi connectivity index (χ0) is 14.0. The van der Waals surface area contributed by atoms with E-state index in [2.05, 4.69) is 9.97 Å². The maximum atomic E-state index is 11.5. The fourth-order valence-electron chi connectivity index (χ4n) is 1.63. The number of carbonyl (C=O) groups excluding carboxylic acids is 1. The van der Waals surface area contributed by atoms with Gasteiger partial charge < -0.3 is 15.5 Å². The van der Waals surface area contributed by atoms with Crippen molar-refractivity contribution >= 4 is 11.5 Å². The van der Waals surface area contributed by atoms with Gasteiger partial charge in [-0.05, 0) is 32.0 Å². The zero-order valence-corrected chi connectivity index (χ0v) is 10.6. The summed E-state index contributed by atoms with van der Waals surface area (Å²) in [6.07, 6.45) is 0. The summed E-state index contributed by atoms with van der Waals surface area (Å²) >= 11 is 0. The molecule has 0 saturated carbocycles. The van der Waals surface area contributed by atoms with E-state index in [0.29, 0.717) is 22.8 Å². The van der Waals surface area contributed by atoms with Gasteiger partial charge >= 0.3 is 0 Å². The number of nitrogens with one attached hydrogen (secondary N) is 1. The maximum Gasteiger partial charge on any atom is 0.254 e. The molecular weight excluding hydrogens is 246 g/mol. The third-order valence-electron chi connectivity index (χ3n) is 2.43. The SMILES string of the molecule is CC(=O)c1cc(N)ccc1Oc1cc(=O)[nH]c(C)n1. The van der Waals surface area contributed by atoms with Crippen LogP contribution in [0.1, 0.15) is 23.1 Å². The fourth-order valence-corrected chi connectivity index (χ4v) is 1.63. The van der Waals surface area contributed by atoms with E-state index in [0.717, 1.165) is 0 Å². The number of nitrogens with zero attached hydrogens (tertiary/aromatic N) is 1. The lowest BCUT2D eigenvalue weighted by Crippen LogP contribution is -2.09. The molecule has 0 amide bonds. The summed E-state index contributed by atoms with van der Waals surface area (Å²) in [5.41, 5.74) is 6.12. The van der Waals surface area contributed by atoms with E-state index in [1.54, 1.807) is 19.1 Å². The summed E-state index contributed by atoms with van der Waals surface area (Å²) < 4.78 is 5.48. The Morgan fingerprint density at radius 2 is 2.11 bits per heavy atom. The van der Waals surface area contributed by atoms with Crippen molar-refractivity contribution in [3.63, 3.8) is 0 Å². The van der Waals surface area contributed by atoms with Crippen LogP contribution in [0.25, 0.3) is 0 Å². The average Bonchev–Trinajstić information content (AvgIpc) is 2.30. The second-order valence-electron chi connectivity index (χ2n) is 4.08. The summed E-state index contributed by atoms with van der Waals surface area (Å²) in [5, 5.41) is 0. The molecule has 2 aromatic rings. The summed E-state index contributed by atoms with van der Waals surface area (Å²) in [6.45, 7) is 3.06. The minimum absolute atomic E-state index is 0.133. The fraction of sp³-hybridized carbons (Fsp3) is 0.154. The molecule has 0 spiro atoms. The van der Waals surface area contributed by atoms with E-state index in [1.165, 1.54) is 19.1 Å². The highest BCUT2D eigenvalue weighted by Gasteiger charge is 2.11. The number of rotatable bonds is 3. The van der Waals surface area contributed by atoms with Crippen LogP contribution in [0, 0.1) is 6.92 Å². The lowest BCUT2D eigenvalue weighted by Gasteiger charge is -2.09. The summed E-state index contributed by atoms with van der Waals surface area (Å²) in [7, 11) is 0. The third-order valence-corrected chi connectivity index (χ3v) is 2.43. The minimum atomic E-state index is -0.317. The maximum absolute atomic E-state index is 11.5. The van der Waals surface area contributed by atoms with Crippen molar-refractivity contribution < 1.29 is 9.53 Å². The number of H-pyrrole nitrogens is 1. The normalized spacial score (nSPS) is 10.2. The Morgan fingerprint density at radius 3 is 2.74 bits per heavy atom. The number of ketones is 1. The van der Waals surface area contributed by atoms with Gasteiger partial charge in [0.05, 0.1) is 11.6 Å². The number of ether oxygens (including phenoxy) is 1. The number of hydrogen-bond donors (Lipinski definition) is 2. The van der Waals surface area contributed by atoms with Crippen LogP contribution in [0.4, 0.5) is 5.69 Å². The second-order valence-corrected chi connectivity index (χ2v) is 4.08. The predicted octanol–water partition coefficient (Wildman–Crippen LogP) is 1.66. The summed E-state index contributed by atoms with van der Waals surface area (Å²) in [4.78, 5) is 29.4. The summed E-state index contributed by atoms with van der Waals surface area (Å²) in [6, 6.07) is 5.93. The largest absolute Gasteiger partial charge is 0.438 e. The van der Waals surface area contributed by atoms with Crippen LogP contribution in [-0.4, -0.2) is 15.8 Å². The van der Waals surface area contributed by atoms with Gasteiger partial charge in [-0.3, -0.25) is 9.59 Å². The smallest absolute Gasteiger partial charge is 0.254 e. The molecule has 3 N–H and O–H groups in total. The van der Waals surface area contributed by atoms with Crippen molar-refractivity contribution in [1.29, 1.82) is 0 Å². The highest BCUT2D eigenvalue weighted by molar-refractivity contribution is 5.97. The van der Waals surface area contributed by atoms with E-state index >= 15 is 0 Å². The molecule has 0 bridgehead atoms. The molecular formula is C13H13N3O3. The van der Waals surface area contributed by atoms with Gasteiger partial charge in [-0.25, -0.2) is 4.98 Å². The number of nitrogens with two attached hydrogens (primary N) is 1. The molecule has 1 heterocycles. The van der Waals surface area contributed by atoms with Gasteiger partial charge in [0.15, 0.2) is 5.78 Å². The molecule has 0 fully saturated rings. The lowest BCUT2D eigenvalue weighted by molar-refractivity contribution is 0.101. The van der Waals surface area contributed by atoms with Crippen LogP contribution >= 0.6 is 0 Å². The molecule has 0 aliphatic rings. The highest BCUT2D eigenvalue weighted by atomic mass is 16.5. The molecule has 0 radical (unpaired) electrons. The number of aryl methyl sites for hydroxylation is 1. The van der Waals surface area contributed by atoms with E-state index in [-0.39, 0.29) is 17.2 Å². The second kappa shape index (κ2) is 4.93. The molecule has 0 unspecified atom stereocenters. The zero-order valence-electron chi connectivity index (χ0n) is 10.6. The number of carbonyl (C=O) groups is 1. The summed E-state index contributed by atoms with van der Waals surface area (Å²) in [5.74, 6) is 0.707. The minimum Gasteiger partial charge on any atom is -0.438 e. The predicted molar refractivity (Wildman–Crippen MR) is 70.5 cm³/mol. The number of hydrogen-bond acceptors (Lipinski definition) is 5. The van der Waals surface area contributed by atoms with Crippen LogP contribution < -0.4 is 16.0 Å². The van der Waals surface area contributed by atoms with Crippen molar-refractivity contribution in [2.24, 2.45) is 0 Å². The van der Waals surface area contributed by atoms with Crippen LogP contribution in [0.5, 0.6) is 11.6 Å². The van der Waals surface area contributed by atoms with Gasteiger partial charge in [0.1, 0.15) is 11.6 Å². The molecule has 0 aliphatic heterocycles. The number of benzene rings is 1. The monoisotopic (exact) mass is 259 g/mol. The quantitative estimate of drug-likeness (QED) is 0.645. The molecule has 0 atom stereocenters. The van der Waals surface area contributed by atoms with Crippen LogP contribution in [0.3, 0.4) is 0 Å². The Kier molecular flexibility index (Phi) is 3.33. The molecule has 1 aromatic carbocycles.